The summed E-state index contributed by atoms with van der Waals surface area (Å²) in [7, 11) is 0. The van der Waals surface area contributed by atoms with Crippen molar-refractivity contribution >= 4 is 12.0 Å². The molecule has 26 heavy (non-hydrogen) atoms. The summed E-state index contributed by atoms with van der Waals surface area (Å²) in [6.45, 7) is 1.94. The fourth-order valence-corrected chi connectivity index (χ4v) is 2.47. The van der Waals surface area contributed by atoms with Gasteiger partial charge in [-0.3, -0.25) is 9.78 Å². The number of nitrogens with one attached hydrogen (secondary N) is 1. The molecule has 3 rings (SSSR count). The highest BCUT2D eigenvalue weighted by Crippen LogP contribution is 2.24. The van der Waals surface area contributed by atoms with Crippen LogP contribution in [0.5, 0.6) is 11.5 Å². The predicted molar refractivity (Wildman–Crippen MR) is 103 cm³/mol. The number of ether oxygens (including phenoxy) is 1. The highest BCUT2D eigenvalue weighted by molar-refractivity contribution is 5.91. The van der Waals surface area contributed by atoms with Gasteiger partial charge < -0.3 is 10.1 Å². The van der Waals surface area contributed by atoms with Crippen molar-refractivity contribution in [1.82, 2.24) is 10.3 Å². The van der Waals surface area contributed by atoms with Crippen LogP contribution in [0.3, 0.4) is 0 Å². The third-order valence-electron chi connectivity index (χ3n) is 3.83. The van der Waals surface area contributed by atoms with E-state index in [9.17, 15) is 4.79 Å². The molecule has 130 valence electrons. The van der Waals surface area contributed by atoms with Crippen LogP contribution in [0, 0.1) is 0 Å². The van der Waals surface area contributed by atoms with Crippen molar-refractivity contribution in [2.45, 2.75) is 13.0 Å². The number of hydrogen-bond acceptors (Lipinski definition) is 3. The number of hydrogen-bond donors (Lipinski definition) is 1. The summed E-state index contributed by atoms with van der Waals surface area (Å²) in [6.07, 6.45) is 6.70. The minimum atomic E-state index is -0.137. The molecule has 0 aliphatic carbocycles. The Balaban J connectivity index is 1.62. The van der Waals surface area contributed by atoms with Crippen LogP contribution in [0.4, 0.5) is 0 Å². The topological polar surface area (TPSA) is 51.2 Å². The molecule has 1 aromatic heterocycles. The quantitative estimate of drug-likeness (QED) is 0.656. The van der Waals surface area contributed by atoms with Crippen LogP contribution < -0.4 is 10.1 Å². The van der Waals surface area contributed by atoms with Crippen molar-refractivity contribution in [2.24, 2.45) is 0 Å². The number of aromatic nitrogens is 1. The number of rotatable bonds is 6. The third kappa shape index (κ3) is 5.05. The Kier molecular flexibility index (Phi) is 5.78. The molecule has 2 aromatic carbocycles. The summed E-state index contributed by atoms with van der Waals surface area (Å²) in [5, 5.41) is 2.97. The van der Waals surface area contributed by atoms with E-state index >= 15 is 0 Å². The van der Waals surface area contributed by atoms with Gasteiger partial charge in [-0.2, -0.15) is 0 Å². The van der Waals surface area contributed by atoms with Gasteiger partial charge in [0, 0.05) is 18.5 Å². The standard InChI is InChI=1S/C22H20N2O2/c1-17(24-22(25)11-10-18-6-3-2-4-7-18)19-8-5-9-21(16-19)26-20-12-14-23-15-13-20/h2-17H,1H3,(H,24,25)/t17-/m0/s1. The lowest BCUT2D eigenvalue weighted by atomic mass is 10.1. The maximum absolute atomic E-state index is 12.1. The zero-order valence-corrected chi connectivity index (χ0v) is 14.5. The van der Waals surface area contributed by atoms with Crippen molar-refractivity contribution in [3.63, 3.8) is 0 Å². The first kappa shape index (κ1) is 17.4. The monoisotopic (exact) mass is 344 g/mol. The normalized spacial score (nSPS) is 11.9. The summed E-state index contributed by atoms with van der Waals surface area (Å²) >= 11 is 0. The Hall–Kier alpha value is -3.40. The first-order valence-corrected chi connectivity index (χ1v) is 8.42. The van der Waals surface area contributed by atoms with Gasteiger partial charge in [0.2, 0.25) is 5.91 Å². The molecule has 0 saturated heterocycles. The summed E-state index contributed by atoms with van der Waals surface area (Å²) in [4.78, 5) is 16.1. The molecule has 0 unspecified atom stereocenters. The molecule has 4 nitrogen and oxygen atoms in total. The van der Waals surface area contributed by atoms with Gasteiger partial charge in [-0.15, -0.1) is 0 Å². The summed E-state index contributed by atoms with van der Waals surface area (Å²) < 4.78 is 5.81. The van der Waals surface area contributed by atoms with Crippen LogP contribution in [0.2, 0.25) is 0 Å². The molecule has 0 radical (unpaired) electrons. The molecule has 0 spiro atoms. The van der Waals surface area contributed by atoms with Gasteiger partial charge in [0.25, 0.3) is 0 Å². The summed E-state index contributed by atoms with van der Waals surface area (Å²) in [5.74, 6) is 1.30. The second-order valence-electron chi connectivity index (χ2n) is 5.83. The van der Waals surface area contributed by atoms with Crippen LogP contribution in [0.1, 0.15) is 24.1 Å². The fraction of sp³-hybridized carbons (Fsp3) is 0.0909. The van der Waals surface area contributed by atoms with Gasteiger partial charge in [-0.05, 0) is 48.4 Å². The first-order valence-electron chi connectivity index (χ1n) is 8.42. The number of carbonyl (C=O) groups is 1. The van der Waals surface area contributed by atoms with Crippen LogP contribution in [0.25, 0.3) is 6.08 Å². The first-order chi connectivity index (χ1) is 12.7. The Morgan fingerprint density at radius 1 is 1.00 bits per heavy atom. The van der Waals surface area contributed by atoms with Gasteiger partial charge >= 0.3 is 0 Å². The predicted octanol–water partition coefficient (Wildman–Crippen LogP) is 4.76. The lowest BCUT2D eigenvalue weighted by molar-refractivity contribution is -0.117. The number of nitrogens with zero attached hydrogens (tertiary/aromatic N) is 1. The van der Waals surface area contributed by atoms with Gasteiger partial charge in [-0.25, -0.2) is 0 Å². The third-order valence-corrected chi connectivity index (χ3v) is 3.83. The highest BCUT2D eigenvalue weighted by Gasteiger charge is 2.09. The average Bonchev–Trinajstić information content (AvgIpc) is 2.68. The molecule has 1 N–H and O–H groups in total. The van der Waals surface area contributed by atoms with Crippen LogP contribution in [0.15, 0.2) is 85.2 Å². The number of carbonyl (C=O) groups excluding carboxylic acids is 1. The molecular formula is C22H20N2O2. The van der Waals surface area contributed by atoms with Crippen LogP contribution >= 0.6 is 0 Å². The second kappa shape index (κ2) is 8.62. The summed E-state index contributed by atoms with van der Waals surface area (Å²) in [6, 6.07) is 20.9. The van der Waals surface area contributed by atoms with E-state index in [0.29, 0.717) is 0 Å². The van der Waals surface area contributed by atoms with Gasteiger partial charge in [0.05, 0.1) is 6.04 Å². The summed E-state index contributed by atoms with van der Waals surface area (Å²) in [5.41, 5.74) is 1.96. The van der Waals surface area contributed by atoms with Crippen molar-refractivity contribution < 1.29 is 9.53 Å². The molecule has 0 aliphatic rings. The molecule has 1 atom stereocenters. The van der Waals surface area contributed by atoms with E-state index < -0.39 is 0 Å². The Morgan fingerprint density at radius 2 is 1.77 bits per heavy atom. The Morgan fingerprint density at radius 3 is 2.54 bits per heavy atom. The van der Waals surface area contributed by atoms with E-state index in [4.69, 9.17) is 4.74 Å². The van der Waals surface area contributed by atoms with E-state index in [2.05, 4.69) is 10.3 Å². The largest absolute Gasteiger partial charge is 0.457 e. The van der Waals surface area contributed by atoms with Crippen molar-refractivity contribution in [3.05, 3.63) is 96.3 Å². The van der Waals surface area contributed by atoms with E-state index in [1.807, 2.05) is 61.5 Å². The minimum absolute atomic E-state index is 0.135. The molecule has 3 aromatic rings. The zero-order valence-electron chi connectivity index (χ0n) is 14.5. The van der Waals surface area contributed by atoms with Gasteiger partial charge in [0.1, 0.15) is 11.5 Å². The smallest absolute Gasteiger partial charge is 0.244 e. The SMILES string of the molecule is C[C@H](NC(=O)C=Cc1ccccc1)c1cccc(Oc2ccncc2)c1. The van der Waals surface area contributed by atoms with Crippen LogP contribution in [-0.4, -0.2) is 10.9 Å². The number of amides is 1. The second-order valence-corrected chi connectivity index (χ2v) is 5.83. The maximum Gasteiger partial charge on any atom is 0.244 e. The Labute approximate surface area is 153 Å². The molecule has 0 bridgehead atoms. The fourth-order valence-electron chi connectivity index (χ4n) is 2.47. The molecule has 1 amide bonds. The van der Waals surface area contributed by atoms with Crippen molar-refractivity contribution in [3.8, 4) is 11.5 Å². The van der Waals surface area contributed by atoms with Gasteiger partial charge in [-0.1, -0.05) is 42.5 Å². The lowest BCUT2D eigenvalue weighted by Crippen LogP contribution is -2.24. The Bertz CT molecular complexity index is 877. The molecule has 0 saturated carbocycles. The zero-order chi connectivity index (χ0) is 18.2. The molecule has 0 aliphatic heterocycles. The van der Waals surface area contributed by atoms with Crippen LogP contribution in [-0.2, 0) is 4.79 Å². The van der Waals surface area contributed by atoms with E-state index in [0.717, 1.165) is 22.6 Å². The van der Waals surface area contributed by atoms with Crippen molar-refractivity contribution in [2.75, 3.05) is 0 Å². The van der Waals surface area contributed by atoms with Crippen molar-refractivity contribution in [1.29, 1.82) is 0 Å². The molecular weight excluding hydrogens is 324 g/mol. The molecule has 1 heterocycles. The lowest BCUT2D eigenvalue weighted by Gasteiger charge is -2.14. The number of pyridine rings is 1. The average molecular weight is 344 g/mol. The van der Waals surface area contributed by atoms with E-state index in [1.165, 1.54) is 0 Å². The van der Waals surface area contributed by atoms with E-state index in [-0.39, 0.29) is 11.9 Å². The molecule has 4 heteroatoms. The minimum Gasteiger partial charge on any atom is -0.457 e. The molecule has 0 fully saturated rings. The number of benzene rings is 2. The van der Waals surface area contributed by atoms with Gasteiger partial charge in [0.15, 0.2) is 0 Å². The maximum atomic E-state index is 12.1. The highest BCUT2D eigenvalue weighted by atomic mass is 16.5. The van der Waals surface area contributed by atoms with E-state index in [1.54, 1.807) is 36.7 Å².